The molecule has 1 fully saturated rings. The van der Waals surface area contributed by atoms with Crippen LogP contribution in [-0.2, 0) is 4.74 Å². The van der Waals surface area contributed by atoms with Crippen LogP contribution in [0.2, 0.25) is 0 Å². The summed E-state index contributed by atoms with van der Waals surface area (Å²) in [5.74, 6) is -1.50. The van der Waals surface area contributed by atoms with Crippen molar-refractivity contribution < 1.29 is 30.0 Å². The van der Waals surface area contributed by atoms with Gasteiger partial charge in [0.15, 0.2) is 11.9 Å². The lowest BCUT2D eigenvalue weighted by Crippen LogP contribution is -2.33. The van der Waals surface area contributed by atoms with E-state index < -0.39 is 42.9 Å². The number of aliphatic hydroxyl groups excluding tert-OH is 3. The Balaban J connectivity index is 2.30. The summed E-state index contributed by atoms with van der Waals surface area (Å²) >= 11 is 0. The molecule has 0 radical (unpaired) electrons. The van der Waals surface area contributed by atoms with Gasteiger partial charge in [0.25, 0.3) is 5.91 Å². The van der Waals surface area contributed by atoms with E-state index in [1.807, 2.05) is 0 Å². The predicted octanol–water partition coefficient (Wildman–Crippen LogP) is -2.70. The summed E-state index contributed by atoms with van der Waals surface area (Å²) in [4.78, 5) is 14.5. The first-order valence-electron chi connectivity index (χ1n) is 5.15. The van der Waals surface area contributed by atoms with E-state index in [4.69, 9.17) is 15.6 Å². The van der Waals surface area contributed by atoms with E-state index in [0.29, 0.717) is 0 Å². The molecule has 0 saturated carbocycles. The maximum atomic E-state index is 10.9. The molecule has 1 aromatic rings. The normalized spacial score (nSPS) is 31.7. The smallest absolute Gasteiger partial charge is 0.272 e. The first-order chi connectivity index (χ1) is 8.47. The summed E-state index contributed by atoms with van der Waals surface area (Å²) in [5.41, 5.74) is 4.61. The van der Waals surface area contributed by atoms with Crippen molar-refractivity contribution in [2.45, 2.75) is 24.5 Å². The second kappa shape index (κ2) is 4.53. The molecule has 1 aliphatic rings. The van der Waals surface area contributed by atoms with Crippen molar-refractivity contribution >= 4 is 5.91 Å². The molecule has 0 spiro atoms. The van der Waals surface area contributed by atoms with Crippen LogP contribution in [0.1, 0.15) is 16.7 Å². The van der Waals surface area contributed by atoms with Crippen LogP contribution >= 0.6 is 0 Å². The van der Waals surface area contributed by atoms with Crippen LogP contribution in [0.4, 0.5) is 0 Å². The highest BCUT2D eigenvalue weighted by molar-refractivity contribution is 5.92. The molecule has 2 heterocycles. The lowest BCUT2D eigenvalue weighted by atomic mass is 10.1. The molecule has 1 saturated heterocycles. The summed E-state index contributed by atoms with van der Waals surface area (Å²) < 4.78 is 6.12. The van der Waals surface area contributed by atoms with Gasteiger partial charge in [-0.1, -0.05) is 0 Å². The highest BCUT2D eigenvalue weighted by Crippen LogP contribution is 2.32. The minimum atomic E-state index is -1.37. The zero-order valence-corrected chi connectivity index (χ0v) is 9.17. The van der Waals surface area contributed by atoms with Crippen LogP contribution in [0.15, 0.2) is 6.33 Å². The van der Waals surface area contributed by atoms with Gasteiger partial charge in [0.05, 0.1) is 6.61 Å². The SMILES string of the molecule is NC(=[18O])c1ncn([C@@H]2O[C@H](CO)[C@@H](O)[C@H]2O)c1O. The molecule has 18 heavy (non-hydrogen) atoms. The van der Waals surface area contributed by atoms with Crippen LogP contribution in [0.5, 0.6) is 5.88 Å². The van der Waals surface area contributed by atoms with Crippen LogP contribution in [0, 0.1) is 0 Å². The number of ether oxygens (including phenoxy) is 1. The summed E-state index contributed by atoms with van der Waals surface area (Å²) in [6.45, 7) is -0.493. The topological polar surface area (TPSA) is 151 Å². The lowest BCUT2D eigenvalue weighted by Gasteiger charge is -2.16. The van der Waals surface area contributed by atoms with Gasteiger partial charge in [-0.25, -0.2) is 4.98 Å². The fourth-order valence-electron chi connectivity index (χ4n) is 1.82. The summed E-state index contributed by atoms with van der Waals surface area (Å²) in [6, 6.07) is 0. The Morgan fingerprint density at radius 2 is 2.17 bits per heavy atom. The minimum Gasteiger partial charge on any atom is -0.493 e. The molecule has 1 amide bonds. The third kappa shape index (κ3) is 1.82. The van der Waals surface area contributed by atoms with E-state index >= 15 is 0 Å². The Bertz CT molecular complexity index is 461. The van der Waals surface area contributed by atoms with Crippen molar-refractivity contribution in [3.8, 4) is 5.88 Å². The van der Waals surface area contributed by atoms with Crippen LogP contribution < -0.4 is 5.73 Å². The number of carbonyl (C=O) groups excluding carboxylic acids is 1. The number of primary amides is 1. The van der Waals surface area contributed by atoms with Gasteiger partial charge in [0.2, 0.25) is 5.88 Å². The minimum absolute atomic E-state index is 0.368. The zero-order chi connectivity index (χ0) is 13.4. The van der Waals surface area contributed by atoms with Gasteiger partial charge in [-0.05, 0) is 0 Å². The largest absolute Gasteiger partial charge is 0.493 e. The number of carbonyl (C=O) groups is 1. The summed E-state index contributed by atoms with van der Waals surface area (Å²) in [5, 5.41) is 37.9. The van der Waals surface area contributed by atoms with E-state index in [-0.39, 0.29) is 5.69 Å². The van der Waals surface area contributed by atoms with Crippen molar-refractivity contribution in [2.24, 2.45) is 5.73 Å². The molecular formula is C9H13N3O6. The van der Waals surface area contributed by atoms with E-state index in [2.05, 4.69) is 4.98 Å². The van der Waals surface area contributed by atoms with Gasteiger partial charge in [0, 0.05) is 0 Å². The maximum absolute atomic E-state index is 10.9. The number of imidazole rings is 1. The number of hydrogen-bond acceptors (Lipinski definition) is 7. The van der Waals surface area contributed by atoms with Gasteiger partial charge < -0.3 is 30.9 Å². The Labute approximate surface area is 101 Å². The van der Waals surface area contributed by atoms with E-state index in [1.165, 1.54) is 0 Å². The number of hydrogen-bond donors (Lipinski definition) is 5. The third-order valence-electron chi connectivity index (χ3n) is 2.79. The Hall–Kier alpha value is -1.68. The summed E-state index contributed by atoms with van der Waals surface area (Å²) in [7, 11) is 0. The lowest BCUT2D eigenvalue weighted by molar-refractivity contribution is -0.0553. The average Bonchev–Trinajstić information content (AvgIpc) is 2.82. The van der Waals surface area contributed by atoms with Gasteiger partial charge in [-0.3, -0.25) is 9.36 Å². The number of aromatic nitrogens is 2. The van der Waals surface area contributed by atoms with E-state index in [1.54, 1.807) is 0 Å². The van der Waals surface area contributed by atoms with Crippen molar-refractivity contribution in [3.05, 3.63) is 12.0 Å². The average molecular weight is 261 g/mol. The molecule has 0 unspecified atom stereocenters. The van der Waals surface area contributed by atoms with Crippen molar-refractivity contribution in [1.82, 2.24) is 9.55 Å². The molecular weight excluding hydrogens is 248 g/mol. The molecule has 0 bridgehead atoms. The Kier molecular flexibility index (Phi) is 3.22. The summed E-state index contributed by atoms with van der Waals surface area (Å²) in [6.07, 6.45) is -3.76. The zero-order valence-electron chi connectivity index (χ0n) is 9.17. The Morgan fingerprint density at radius 3 is 2.61 bits per heavy atom. The number of nitrogens with zero attached hydrogens (tertiary/aromatic N) is 2. The molecule has 1 aromatic heterocycles. The number of aromatic hydroxyl groups is 1. The molecule has 4 atom stereocenters. The number of rotatable bonds is 3. The standard InChI is InChI=1S/C9H13N3O6/c10-7(16)4-8(17)12(2-11-4)9-6(15)5(14)3(1-13)18-9/h2-3,5-6,9,13-15,17H,1H2,(H2,10,16)/t3-,5-,6-,9-/m1/s1/i16+2. The highest BCUT2D eigenvalue weighted by Gasteiger charge is 2.44. The maximum Gasteiger partial charge on any atom is 0.272 e. The number of nitrogens with two attached hydrogens (primary N) is 1. The molecule has 1 aliphatic heterocycles. The van der Waals surface area contributed by atoms with Crippen LogP contribution in [0.25, 0.3) is 0 Å². The molecule has 0 aliphatic carbocycles. The van der Waals surface area contributed by atoms with E-state index in [0.717, 1.165) is 10.9 Å². The van der Waals surface area contributed by atoms with Crippen LogP contribution in [-0.4, -0.2) is 60.8 Å². The van der Waals surface area contributed by atoms with Crippen molar-refractivity contribution in [3.63, 3.8) is 0 Å². The van der Waals surface area contributed by atoms with Gasteiger partial charge in [0.1, 0.15) is 24.6 Å². The number of amides is 1. The molecule has 2 rings (SSSR count). The van der Waals surface area contributed by atoms with Gasteiger partial charge >= 0.3 is 0 Å². The quantitative estimate of drug-likeness (QED) is 0.371. The fraction of sp³-hybridized carbons (Fsp3) is 0.556. The van der Waals surface area contributed by atoms with Gasteiger partial charge in [-0.15, -0.1) is 0 Å². The predicted molar refractivity (Wildman–Crippen MR) is 55.4 cm³/mol. The number of aliphatic hydroxyl groups is 3. The fourth-order valence-corrected chi connectivity index (χ4v) is 1.82. The van der Waals surface area contributed by atoms with Crippen LogP contribution in [0.3, 0.4) is 0 Å². The Morgan fingerprint density at radius 1 is 1.50 bits per heavy atom. The molecule has 0 aromatic carbocycles. The van der Waals surface area contributed by atoms with Gasteiger partial charge in [-0.2, -0.15) is 0 Å². The van der Waals surface area contributed by atoms with Crippen molar-refractivity contribution in [1.29, 1.82) is 0 Å². The first-order valence-corrected chi connectivity index (χ1v) is 5.15. The molecule has 9 heteroatoms. The molecule has 9 nitrogen and oxygen atoms in total. The first kappa shape index (κ1) is 12.8. The highest BCUT2D eigenvalue weighted by atomic mass is 18.1. The van der Waals surface area contributed by atoms with E-state index in [9.17, 15) is 20.1 Å². The third-order valence-corrected chi connectivity index (χ3v) is 2.79. The van der Waals surface area contributed by atoms with Crippen molar-refractivity contribution in [2.75, 3.05) is 6.61 Å². The molecule has 100 valence electrons. The second-order valence-corrected chi connectivity index (χ2v) is 3.92. The second-order valence-electron chi connectivity index (χ2n) is 3.92. The molecule has 6 N–H and O–H groups in total. The monoisotopic (exact) mass is 261 g/mol.